The van der Waals surface area contributed by atoms with Gasteiger partial charge in [0.2, 0.25) is 5.91 Å². The van der Waals surface area contributed by atoms with Crippen LogP contribution in [0, 0.1) is 0 Å². The number of carboxylic acid groups (broad SMARTS) is 1. The zero-order chi connectivity index (χ0) is 14.2. The van der Waals surface area contributed by atoms with E-state index in [1.54, 1.807) is 0 Å². The molecule has 1 saturated heterocycles. The second kappa shape index (κ2) is 8.04. The number of hydrogen-bond donors (Lipinski definition) is 1. The molecule has 2 rings (SSSR count). The van der Waals surface area contributed by atoms with E-state index in [0.717, 1.165) is 17.1 Å². The molecule has 1 N–H and O–H groups in total. The van der Waals surface area contributed by atoms with Crippen LogP contribution in [0.3, 0.4) is 0 Å². The van der Waals surface area contributed by atoms with Crippen LogP contribution in [0.15, 0.2) is 29.2 Å². The average Bonchev–Trinajstić information content (AvgIpc) is 2.71. The van der Waals surface area contributed by atoms with E-state index in [1.807, 2.05) is 0 Å². The quantitative estimate of drug-likeness (QED) is 0.430. The van der Waals surface area contributed by atoms with Crippen molar-refractivity contribution in [3.63, 3.8) is 0 Å². The van der Waals surface area contributed by atoms with Gasteiger partial charge in [0.15, 0.2) is 0 Å². The fourth-order valence-electron chi connectivity index (χ4n) is 1.67. The molecule has 0 spiro atoms. The molecule has 1 aromatic rings. The summed E-state index contributed by atoms with van der Waals surface area (Å²) in [5.41, 5.74) is 2.43. The molecule has 0 bridgehead atoms. The number of nitrogens with one attached hydrogen (secondary N) is 1. The van der Waals surface area contributed by atoms with E-state index >= 15 is 0 Å². The standard InChI is InChI=1S/C10H10N2O6S.2Na/c13-9-5-8(10(14)15)11-12(9)6-2-1-3-7(4-6)19(16,17)18;;/h1-4,8,11H,5H2,(H,14,15)(H,16,17,18);;/q;2*+1/p-2. The van der Waals surface area contributed by atoms with Crippen molar-refractivity contribution in [3.05, 3.63) is 24.3 Å². The van der Waals surface area contributed by atoms with Crippen LogP contribution in [0.5, 0.6) is 0 Å². The molecular formula is C10H8N2Na2O6S. The molecule has 1 atom stereocenters. The number of benzene rings is 1. The topological polar surface area (TPSA) is 130 Å². The second-order valence-electron chi connectivity index (χ2n) is 3.89. The van der Waals surface area contributed by atoms with Crippen LogP contribution < -0.4 is 74.7 Å². The van der Waals surface area contributed by atoms with Crippen LogP contribution in [0.4, 0.5) is 5.69 Å². The first-order valence-corrected chi connectivity index (χ1v) is 6.56. The molecule has 1 aliphatic rings. The van der Waals surface area contributed by atoms with Gasteiger partial charge in [0.05, 0.1) is 29.0 Å². The van der Waals surface area contributed by atoms with Crippen molar-refractivity contribution in [2.45, 2.75) is 17.4 Å². The van der Waals surface area contributed by atoms with Crippen LogP contribution >= 0.6 is 0 Å². The zero-order valence-electron chi connectivity index (χ0n) is 11.4. The van der Waals surface area contributed by atoms with Crippen molar-refractivity contribution < 1.29 is 86.8 Å². The first-order chi connectivity index (χ1) is 8.79. The molecule has 102 valence electrons. The molecule has 1 aromatic carbocycles. The van der Waals surface area contributed by atoms with Crippen molar-refractivity contribution in [2.24, 2.45) is 0 Å². The SMILES string of the molecule is O=C([O-])C1CC(=O)N(c2cccc(S(=O)(=O)[O-])c2)N1.[Na+].[Na+]. The van der Waals surface area contributed by atoms with E-state index in [9.17, 15) is 27.7 Å². The van der Waals surface area contributed by atoms with Crippen LogP contribution in [-0.4, -0.2) is 30.9 Å². The number of hydrazine groups is 1. The Bertz CT molecular complexity index is 651. The Balaban J connectivity index is 0.00000200. The molecule has 11 heteroatoms. The number of carbonyl (C=O) groups is 2. The summed E-state index contributed by atoms with van der Waals surface area (Å²) in [6, 6.07) is 3.55. The Morgan fingerprint density at radius 3 is 2.43 bits per heavy atom. The third-order valence-corrected chi connectivity index (χ3v) is 3.39. The van der Waals surface area contributed by atoms with E-state index in [2.05, 4.69) is 5.43 Å². The van der Waals surface area contributed by atoms with E-state index in [0.29, 0.717) is 0 Å². The van der Waals surface area contributed by atoms with Crippen molar-refractivity contribution in [2.75, 3.05) is 5.01 Å². The van der Waals surface area contributed by atoms with Gasteiger partial charge in [-0.05, 0) is 18.2 Å². The fourth-order valence-corrected chi connectivity index (χ4v) is 2.18. The Hall–Kier alpha value is 0.0300. The summed E-state index contributed by atoms with van der Waals surface area (Å²) < 4.78 is 32.6. The maximum atomic E-state index is 11.6. The van der Waals surface area contributed by atoms with Crippen molar-refractivity contribution in [1.82, 2.24) is 5.43 Å². The number of hydrogen-bond acceptors (Lipinski definition) is 7. The summed E-state index contributed by atoms with van der Waals surface area (Å²) >= 11 is 0. The summed E-state index contributed by atoms with van der Waals surface area (Å²) in [7, 11) is -4.65. The summed E-state index contributed by atoms with van der Waals surface area (Å²) in [5.74, 6) is -2.00. The monoisotopic (exact) mass is 330 g/mol. The van der Waals surface area contributed by atoms with Gasteiger partial charge in [0.1, 0.15) is 10.1 Å². The predicted octanol–water partition coefficient (Wildman–Crippen LogP) is -8.04. The van der Waals surface area contributed by atoms with E-state index in [1.165, 1.54) is 12.1 Å². The Morgan fingerprint density at radius 2 is 1.95 bits per heavy atom. The number of carboxylic acids is 1. The molecule has 1 heterocycles. The summed E-state index contributed by atoms with van der Waals surface area (Å²) in [6.07, 6.45) is -0.309. The minimum atomic E-state index is -4.65. The second-order valence-corrected chi connectivity index (χ2v) is 5.27. The third kappa shape index (κ3) is 5.02. The molecule has 1 unspecified atom stereocenters. The minimum Gasteiger partial charge on any atom is -0.744 e. The number of amides is 1. The summed E-state index contributed by atoms with van der Waals surface area (Å²) in [5, 5.41) is 11.5. The van der Waals surface area contributed by atoms with Crippen molar-refractivity contribution in [1.29, 1.82) is 0 Å². The van der Waals surface area contributed by atoms with E-state index in [4.69, 9.17) is 0 Å². The molecule has 1 amide bonds. The molecule has 1 aliphatic heterocycles. The van der Waals surface area contributed by atoms with Crippen LogP contribution in [0.2, 0.25) is 0 Å². The predicted molar refractivity (Wildman–Crippen MR) is 58.4 cm³/mol. The van der Waals surface area contributed by atoms with Gasteiger partial charge in [-0.2, -0.15) is 0 Å². The first kappa shape index (κ1) is 21.0. The van der Waals surface area contributed by atoms with Gasteiger partial charge in [-0.3, -0.25) is 4.79 Å². The van der Waals surface area contributed by atoms with Gasteiger partial charge in [-0.25, -0.2) is 18.9 Å². The van der Waals surface area contributed by atoms with Crippen LogP contribution in [0.1, 0.15) is 6.42 Å². The number of aliphatic carboxylic acids is 1. The number of anilines is 1. The fraction of sp³-hybridized carbons (Fsp3) is 0.200. The molecule has 1 fully saturated rings. The molecule has 0 aromatic heterocycles. The van der Waals surface area contributed by atoms with Gasteiger partial charge in [-0.15, -0.1) is 0 Å². The number of nitrogens with zero attached hydrogens (tertiary/aromatic N) is 1. The van der Waals surface area contributed by atoms with Crippen molar-refractivity contribution >= 4 is 27.7 Å². The average molecular weight is 330 g/mol. The molecule has 0 radical (unpaired) electrons. The Labute approximate surface area is 165 Å². The maximum absolute atomic E-state index is 11.6. The van der Waals surface area contributed by atoms with Gasteiger partial charge < -0.3 is 14.5 Å². The minimum absolute atomic E-state index is 0. The summed E-state index contributed by atoms with van der Waals surface area (Å²) in [6.45, 7) is 0. The number of carbonyl (C=O) groups excluding carboxylic acids is 2. The smallest absolute Gasteiger partial charge is 0.744 e. The molecule has 21 heavy (non-hydrogen) atoms. The van der Waals surface area contributed by atoms with Gasteiger partial charge >= 0.3 is 59.1 Å². The van der Waals surface area contributed by atoms with Gasteiger partial charge in [0, 0.05) is 0 Å². The van der Waals surface area contributed by atoms with E-state index < -0.39 is 32.9 Å². The van der Waals surface area contributed by atoms with Crippen molar-refractivity contribution in [3.8, 4) is 0 Å². The summed E-state index contributed by atoms with van der Waals surface area (Å²) in [4.78, 5) is 21.7. The molecule has 0 saturated carbocycles. The Kier molecular flexibility index (Phi) is 8.06. The zero-order valence-corrected chi connectivity index (χ0v) is 16.2. The van der Waals surface area contributed by atoms with Gasteiger partial charge in [0.25, 0.3) is 0 Å². The number of rotatable bonds is 3. The normalized spacial score (nSPS) is 17.9. The third-order valence-electron chi connectivity index (χ3n) is 2.56. The maximum Gasteiger partial charge on any atom is 1.00 e. The Morgan fingerprint density at radius 1 is 1.33 bits per heavy atom. The van der Waals surface area contributed by atoms with Gasteiger partial charge in [-0.1, -0.05) is 6.07 Å². The molecule has 0 aliphatic carbocycles. The van der Waals surface area contributed by atoms with Crippen LogP contribution in [-0.2, 0) is 19.7 Å². The molecular weight excluding hydrogens is 322 g/mol. The van der Waals surface area contributed by atoms with E-state index in [-0.39, 0.29) is 71.2 Å². The first-order valence-electron chi connectivity index (χ1n) is 5.15. The largest absolute Gasteiger partial charge is 1.00 e. The van der Waals surface area contributed by atoms with Crippen LogP contribution in [0.25, 0.3) is 0 Å². The molecule has 8 nitrogen and oxygen atoms in total.